The smallest absolute Gasteiger partial charge is 0.332 e. The standard InChI is InChI=1S/C14H16N2O3/c1-19-12-5-3-2-4-11(12)16-13(17)9-15(14(16)18)8-10-6-7-10/h2-5,10H,6-9H2,1H3. The highest BCUT2D eigenvalue weighted by molar-refractivity contribution is 6.20. The van der Waals surface area contributed by atoms with Crippen molar-refractivity contribution in [3.8, 4) is 5.75 Å². The van der Waals surface area contributed by atoms with Crippen LogP contribution in [0.4, 0.5) is 10.5 Å². The summed E-state index contributed by atoms with van der Waals surface area (Å²) in [7, 11) is 1.53. The molecule has 1 aromatic carbocycles. The maximum Gasteiger partial charge on any atom is 0.332 e. The zero-order chi connectivity index (χ0) is 13.4. The number of ether oxygens (including phenoxy) is 1. The number of amides is 3. The number of nitrogens with zero attached hydrogens (tertiary/aromatic N) is 2. The van der Waals surface area contributed by atoms with E-state index in [-0.39, 0.29) is 18.5 Å². The van der Waals surface area contributed by atoms with Gasteiger partial charge in [-0.2, -0.15) is 0 Å². The molecule has 1 aromatic rings. The van der Waals surface area contributed by atoms with E-state index >= 15 is 0 Å². The highest BCUT2D eigenvalue weighted by Gasteiger charge is 2.40. The molecule has 1 aliphatic heterocycles. The van der Waals surface area contributed by atoms with Gasteiger partial charge in [0.15, 0.2) is 0 Å². The Morgan fingerprint density at radius 3 is 2.68 bits per heavy atom. The van der Waals surface area contributed by atoms with Crippen molar-refractivity contribution in [1.29, 1.82) is 0 Å². The van der Waals surface area contributed by atoms with Crippen molar-refractivity contribution in [2.45, 2.75) is 12.8 Å². The lowest BCUT2D eigenvalue weighted by atomic mass is 10.2. The Bertz CT molecular complexity index is 525. The second-order valence-corrected chi connectivity index (χ2v) is 5.01. The van der Waals surface area contributed by atoms with Gasteiger partial charge in [0.05, 0.1) is 12.8 Å². The SMILES string of the molecule is COc1ccccc1N1C(=O)CN(CC2CC2)C1=O. The first-order valence-electron chi connectivity index (χ1n) is 6.45. The number of para-hydroxylation sites is 2. The summed E-state index contributed by atoms with van der Waals surface area (Å²) in [5.41, 5.74) is 0.526. The summed E-state index contributed by atoms with van der Waals surface area (Å²) in [6, 6.07) is 6.85. The third-order valence-electron chi connectivity index (χ3n) is 3.54. The maximum absolute atomic E-state index is 12.3. The fraction of sp³-hybridized carbons (Fsp3) is 0.429. The van der Waals surface area contributed by atoms with Gasteiger partial charge in [-0.25, -0.2) is 9.69 Å². The van der Waals surface area contributed by atoms with Gasteiger partial charge in [-0.15, -0.1) is 0 Å². The molecular formula is C14H16N2O3. The quantitative estimate of drug-likeness (QED) is 0.777. The molecule has 3 amide bonds. The Morgan fingerprint density at radius 2 is 2.00 bits per heavy atom. The van der Waals surface area contributed by atoms with Crippen LogP contribution in [0.15, 0.2) is 24.3 Å². The van der Waals surface area contributed by atoms with Crippen molar-refractivity contribution in [1.82, 2.24) is 4.90 Å². The van der Waals surface area contributed by atoms with Crippen molar-refractivity contribution in [2.75, 3.05) is 25.1 Å². The highest BCUT2D eigenvalue weighted by atomic mass is 16.5. The van der Waals surface area contributed by atoms with Crippen LogP contribution in [0.2, 0.25) is 0 Å². The number of carbonyl (C=O) groups excluding carboxylic acids is 2. The molecule has 0 N–H and O–H groups in total. The summed E-state index contributed by atoms with van der Waals surface area (Å²) in [5, 5.41) is 0. The van der Waals surface area contributed by atoms with Crippen molar-refractivity contribution >= 4 is 17.6 Å². The fourth-order valence-electron chi connectivity index (χ4n) is 2.36. The van der Waals surface area contributed by atoms with Gasteiger partial charge in [0.25, 0.3) is 5.91 Å². The van der Waals surface area contributed by atoms with Crippen molar-refractivity contribution in [3.63, 3.8) is 0 Å². The Kier molecular flexibility index (Phi) is 2.89. The van der Waals surface area contributed by atoms with Crippen LogP contribution in [-0.2, 0) is 4.79 Å². The second-order valence-electron chi connectivity index (χ2n) is 5.01. The monoisotopic (exact) mass is 260 g/mol. The summed E-state index contributed by atoms with van der Waals surface area (Å²) in [5.74, 6) is 0.932. The largest absolute Gasteiger partial charge is 0.495 e. The first-order valence-corrected chi connectivity index (χ1v) is 6.45. The molecule has 1 saturated heterocycles. The molecule has 2 aliphatic rings. The zero-order valence-electron chi connectivity index (χ0n) is 10.8. The number of imide groups is 1. The van der Waals surface area contributed by atoms with E-state index in [2.05, 4.69) is 0 Å². The molecule has 2 fully saturated rings. The Morgan fingerprint density at radius 1 is 1.26 bits per heavy atom. The summed E-state index contributed by atoms with van der Waals surface area (Å²) >= 11 is 0. The van der Waals surface area contributed by atoms with Gasteiger partial charge in [0, 0.05) is 6.54 Å². The van der Waals surface area contributed by atoms with E-state index in [0.717, 1.165) is 12.8 Å². The molecule has 19 heavy (non-hydrogen) atoms. The van der Waals surface area contributed by atoms with Gasteiger partial charge in [-0.3, -0.25) is 4.79 Å². The number of hydrogen-bond acceptors (Lipinski definition) is 3. The topological polar surface area (TPSA) is 49.9 Å². The van der Waals surface area contributed by atoms with E-state index in [9.17, 15) is 9.59 Å². The molecule has 0 unspecified atom stereocenters. The Balaban J connectivity index is 1.87. The number of anilines is 1. The van der Waals surface area contributed by atoms with Gasteiger partial charge < -0.3 is 9.64 Å². The van der Waals surface area contributed by atoms with Gasteiger partial charge >= 0.3 is 6.03 Å². The van der Waals surface area contributed by atoms with E-state index < -0.39 is 0 Å². The maximum atomic E-state index is 12.3. The first-order chi connectivity index (χ1) is 9.20. The van der Waals surface area contributed by atoms with Gasteiger partial charge in [0.1, 0.15) is 12.3 Å². The van der Waals surface area contributed by atoms with Crippen LogP contribution in [0.5, 0.6) is 5.75 Å². The molecule has 0 atom stereocenters. The van der Waals surface area contributed by atoms with E-state index in [1.54, 1.807) is 23.1 Å². The number of urea groups is 1. The van der Waals surface area contributed by atoms with Gasteiger partial charge in [-0.05, 0) is 30.9 Å². The minimum absolute atomic E-state index is 0.174. The number of methoxy groups -OCH3 is 1. The average Bonchev–Trinajstić information content (AvgIpc) is 3.18. The van der Waals surface area contributed by atoms with E-state index in [4.69, 9.17) is 4.74 Å². The van der Waals surface area contributed by atoms with Crippen molar-refractivity contribution < 1.29 is 14.3 Å². The number of hydrogen-bond donors (Lipinski definition) is 0. The third kappa shape index (κ3) is 2.16. The molecule has 100 valence electrons. The zero-order valence-corrected chi connectivity index (χ0v) is 10.8. The molecule has 5 nitrogen and oxygen atoms in total. The molecular weight excluding hydrogens is 244 g/mol. The van der Waals surface area contributed by atoms with Gasteiger partial charge in [-0.1, -0.05) is 12.1 Å². The second kappa shape index (κ2) is 4.57. The molecule has 1 heterocycles. The Hall–Kier alpha value is -2.04. The van der Waals surface area contributed by atoms with Crippen LogP contribution in [0, 0.1) is 5.92 Å². The summed E-state index contributed by atoms with van der Waals surface area (Å²) in [6.07, 6.45) is 2.32. The molecule has 0 spiro atoms. The number of benzene rings is 1. The van der Waals surface area contributed by atoms with E-state index in [0.29, 0.717) is 23.9 Å². The van der Waals surface area contributed by atoms with Crippen LogP contribution >= 0.6 is 0 Å². The summed E-state index contributed by atoms with van der Waals surface area (Å²) in [4.78, 5) is 27.3. The van der Waals surface area contributed by atoms with Crippen LogP contribution in [0.1, 0.15) is 12.8 Å². The molecule has 0 bridgehead atoms. The lowest BCUT2D eigenvalue weighted by Gasteiger charge is -2.18. The minimum Gasteiger partial charge on any atom is -0.495 e. The fourth-order valence-corrected chi connectivity index (χ4v) is 2.36. The molecule has 0 aromatic heterocycles. The van der Waals surface area contributed by atoms with Crippen molar-refractivity contribution in [2.24, 2.45) is 5.92 Å². The normalized spacial score (nSPS) is 19.2. The molecule has 0 radical (unpaired) electrons. The predicted molar refractivity (Wildman–Crippen MR) is 70.2 cm³/mol. The third-order valence-corrected chi connectivity index (χ3v) is 3.54. The summed E-state index contributed by atoms with van der Waals surface area (Å²) < 4.78 is 5.22. The molecule has 5 heteroatoms. The van der Waals surface area contributed by atoms with Crippen LogP contribution < -0.4 is 9.64 Å². The summed E-state index contributed by atoms with van der Waals surface area (Å²) in [6.45, 7) is 0.865. The van der Waals surface area contributed by atoms with Gasteiger partial charge in [0.2, 0.25) is 0 Å². The van der Waals surface area contributed by atoms with E-state index in [1.165, 1.54) is 12.0 Å². The van der Waals surface area contributed by atoms with Crippen LogP contribution in [0.25, 0.3) is 0 Å². The minimum atomic E-state index is -0.235. The molecule has 1 saturated carbocycles. The predicted octanol–water partition coefficient (Wildman–Crippen LogP) is 1.87. The number of rotatable bonds is 4. The first kappa shape index (κ1) is 12.0. The number of carbonyl (C=O) groups is 2. The highest BCUT2D eigenvalue weighted by Crippen LogP contribution is 2.34. The lowest BCUT2D eigenvalue weighted by Crippen LogP contribution is -2.34. The average molecular weight is 260 g/mol. The molecule has 3 rings (SSSR count). The van der Waals surface area contributed by atoms with Crippen molar-refractivity contribution in [3.05, 3.63) is 24.3 Å². The Labute approximate surface area is 111 Å². The lowest BCUT2D eigenvalue weighted by molar-refractivity contribution is -0.116. The van der Waals surface area contributed by atoms with E-state index in [1.807, 2.05) is 6.07 Å². The van der Waals surface area contributed by atoms with Crippen LogP contribution in [0.3, 0.4) is 0 Å². The molecule has 1 aliphatic carbocycles. The van der Waals surface area contributed by atoms with Crippen LogP contribution in [-0.4, -0.2) is 37.0 Å².